The first-order valence-corrected chi connectivity index (χ1v) is 8.83. The van der Waals surface area contributed by atoms with Gasteiger partial charge < -0.3 is 10.8 Å². The molecule has 0 radical (unpaired) electrons. The van der Waals surface area contributed by atoms with Gasteiger partial charge in [-0.3, -0.25) is 9.69 Å². The van der Waals surface area contributed by atoms with Crippen molar-refractivity contribution in [3.05, 3.63) is 54.6 Å². The number of hydrogen-bond acceptors (Lipinski definition) is 3. The second-order valence-electron chi connectivity index (χ2n) is 4.46. The molecule has 0 saturated carbocycles. The van der Waals surface area contributed by atoms with Crippen LogP contribution in [0, 0.1) is 0 Å². The number of benzene rings is 2. The first-order chi connectivity index (χ1) is 11.6. The molecule has 1 heterocycles. The Labute approximate surface area is 147 Å². The number of carbonyl (C=O) groups is 1. The van der Waals surface area contributed by atoms with Crippen molar-refractivity contribution in [2.24, 2.45) is 5.73 Å². The van der Waals surface area contributed by atoms with E-state index in [-0.39, 0.29) is 12.1 Å². The molecule has 1 amide bonds. The molecule has 132 valence electrons. The third kappa shape index (κ3) is 7.12. The number of nitrogens with two attached hydrogens (primary N) is 1. The molecule has 4 nitrogen and oxygen atoms in total. The van der Waals surface area contributed by atoms with E-state index in [9.17, 15) is 4.79 Å². The number of phenolic OH excluding ortho intramolecular Hbond substituents is 1. The maximum atomic E-state index is 11.2. The van der Waals surface area contributed by atoms with Gasteiger partial charge in [0.1, 0.15) is 5.75 Å². The molecule has 2 unspecified atom stereocenters. The van der Waals surface area contributed by atoms with Crippen LogP contribution in [0.2, 0.25) is 0 Å². The molecule has 5 heteroatoms. The van der Waals surface area contributed by atoms with Crippen LogP contribution in [0.4, 0.5) is 5.69 Å². The Balaban J connectivity index is 0.000000408. The Bertz CT molecular complexity index is 574. The number of anilines is 1. The van der Waals surface area contributed by atoms with Gasteiger partial charge in [-0.25, -0.2) is 0 Å². The van der Waals surface area contributed by atoms with Crippen LogP contribution in [0.15, 0.2) is 54.6 Å². The summed E-state index contributed by atoms with van der Waals surface area (Å²) >= 11 is 0. The van der Waals surface area contributed by atoms with E-state index in [0.29, 0.717) is 12.2 Å². The molecule has 0 aliphatic carbocycles. The average molecular weight is 348 g/mol. The number of carbonyl (C=O) groups excluding carboxylic acids is 1. The first kappa shape index (κ1) is 22.1. The summed E-state index contributed by atoms with van der Waals surface area (Å²) in [6.45, 7) is 8.00. The molecule has 1 aliphatic rings. The molecule has 0 aromatic heterocycles. The molecule has 3 rings (SSSR count). The summed E-state index contributed by atoms with van der Waals surface area (Å²) in [4.78, 5) is 12.8. The van der Waals surface area contributed by atoms with Crippen molar-refractivity contribution in [1.82, 2.24) is 0 Å². The molecular formula is C19H29N2O2P. The van der Waals surface area contributed by atoms with Gasteiger partial charge in [0, 0.05) is 5.69 Å². The van der Waals surface area contributed by atoms with Gasteiger partial charge in [0.15, 0.2) is 0 Å². The van der Waals surface area contributed by atoms with E-state index in [0.717, 1.165) is 11.0 Å². The van der Waals surface area contributed by atoms with Crippen LogP contribution in [0.5, 0.6) is 5.75 Å². The molecule has 1 saturated heterocycles. The molecule has 2 aromatic carbocycles. The summed E-state index contributed by atoms with van der Waals surface area (Å²) in [6, 6.07) is 16.4. The van der Waals surface area contributed by atoms with Gasteiger partial charge in [0.2, 0.25) is 5.91 Å². The molecule has 2 aromatic rings. The highest BCUT2D eigenvalue weighted by atomic mass is 31.0. The molecule has 3 N–H and O–H groups in total. The lowest BCUT2D eigenvalue weighted by atomic mass is 10.1. The zero-order chi connectivity index (χ0) is 18.5. The fraction of sp³-hybridized carbons (Fsp3) is 0.316. The van der Waals surface area contributed by atoms with E-state index in [2.05, 4.69) is 9.24 Å². The maximum absolute atomic E-state index is 11.2. The number of hydrogen-bond donors (Lipinski definition) is 2. The second-order valence-corrected chi connectivity index (χ2v) is 5.13. The molecule has 1 fully saturated rings. The largest absolute Gasteiger partial charge is 0.508 e. The van der Waals surface area contributed by atoms with Crippen molar-refractivity contribution in [2.75, 3.05) is 4.90 Å². The Hall–Kier alpha value is -1.90. The number of β-lactam (4-membered cyclic amide) rings is 1. The van der Waals surface area contributed by atoms with E-state index in [4.69, 9.17) is 10.8 Å². The summed E-state index contributed by atoms with van der Waals surface area (Å²) in [5.74, 6) is 0.423. The Kier molecular flexibility index (Phi) is 11.5. The topological polar surface area (TPSA) is 66.6 Å². The smallest absolute Gasteiger partial charge is 0.231 e. The van der Waals surface area contributed by atoms with Gasteiger partial charge in [-0.1, -0.05) is 58.0 Å². The van der Waals surface area contributed by atoms with Crippen molar-refractivity contribution < 1.29 is 9.90 Å². The third-order valence-electron chi connectivity index (χ3n) is 2.91. The van der Waals surface area contributed by atoms with Crippen molar-refractivity contribution in [1.29, 1.82) is 0 Å². The van der Waals surface area contributed by atoms with Crippen molar-refractivity contribution >= 4 is 26.1 Å². The fourth-order valence-electron chi connectivity index (χ4n) is 1.84. The minimum Gasteiger partial charge on any atom is -0.508 e. The molecule has 0 bridgehead atoms. The zero-order valence-corrected chi connectivity index (χ0v) is 16.1. The lowest BCUT2D eigenvalue weighted by molar-refractivity contribution is -0.124. The maximum Gasteiger partial charge on any atom is 0.231 e. The van der Waals surface area contributed by atoms with Gasteiger partial charge in [-0.15, -0.1) is 9.24 Å². The number of amides is 1. The third-order valence-corrected chi connectivity index (χ3v) is 3.30. The van der Waals surface area contributed by atoms with E-state index in [1.54, 1.807) is 29.2 Å². The van der Waals surface area contributed by atoms with Crippen LogP contribution in [-0.4, -0.2) is 17.2 Å². The van der Waals surface area contributed by atoms with E-state index < -0.39 is 0 Å². The molecule has 1 aliphatic heterocycles. The highest BCUT2D eigenvalue weighted by Crippen LogP contribution is 2.24. The number of rotatable bonds is 1. The van der Waals surface area contributed by atoms with Crippen LogP contribution in [0.1, 0.15) is 34.1 Å². The van der Waals surface area contributed by atoms with Crippen molar-refractivity contribution in [2.45, 2.75) is 40.3 Å². The lowest BCUT2D eigenvalue weighted by Gasteiger charge is -2.37. The van der Waals surface area contributed by atoms with Crippen LogP contribution in [-0.2, 0) is 4.79 Å². The minimum absolute atomic E-state index is 0.101. The summed E-state index contributed by atoms with van der Waals surface area (Å²) in [5, 5.41) is 9.73. The number of aromatic hydroxyl groups is 1. The SMILES string of the molecule is CC.CC.NC1CC(=O)N1c1ccc(P)cc1.Oc1ccccc1. The predicted molar refractivity (Wildman–Crippen MR) is 107 cm³/mol. The normalized spacial score (nSPS) is 14.7. The number of phenols is 1. The van der Waals surface area contributed by atoms with Crippen LogP contribution < -0.4 is 15.9 Å². The highest BCUT2D eigenvalue weighted by Gasteiger charge is 2.33. The molecular weight excluding hydrogens is 319 g/mol. The molecule has 24 heavy (non-hydrogen) atoms. The Morgan fingerprint density at radius 3 is 1.83 bits per heavy atom. The monoisotopic (exact) mass is 348 g/mol. The second kappa shape index (κ2) is 12.5. The summed E-state index contributed by atoms with van der Waals surface area (Å²) in [6.07, 6.45) is 0.325. The van der Waals surface area contributed by atoms with E-state index >= 15 is 0 Å². The molecule has 0 spiro atoms. The van der Waals surface area contributed by atoms with Crippen molar-refractivity contribution in [3.8, 4) is 5.75 Å². The number of para-hydroxylation sites is 1. The van der Waals surface area contributed by atoms with Gasteiger partial charge >= 0.3 is 0 Å². The van der Waals surface area contributed by atoms with Gasteiger partial charge in [0.25, 0.3) is 0 Å². The summed E-state index contributed by atoms with van der Waals surface area (Å²) < 4.78 is 0. The zero-order valence-electron chi connectivity index (χ0n) is 14.9. The quantitative estimate of drug-likeness (QED) is 0.611. The highest BCUT2D eigenvalue weighted by molar-refractivity contribution is 7.27. The minimum atomic E-state index is -0.136. The van der Waals surface area contributed by atoms with Crippen LogP contribution in [0.3, 0.4) is 0 Å². The van der Waals surface area contributed by atoms with E-state index in [1.807, 2.05) is 58.0 Å². The van der Waals surface area contributed by atoms with Gasteiger partial charge in [-0.2, -0.15) is 0 Å². The van der Waals surface area contributed by atoms with Crippen molar-refractivity contribution in [3.63, 3.8) is 0 Å². The average Bonchev–Trinajstić information content (AvgIpc) is 2.61. The Morgan fingerprint density at radius 1 is 1.00 bits per heavy atom. The standard InChI is InChI=1S/C9H11N2OP.C6H6O.2C2H6/c10-8-5-9(12)11(8)6-1-3-7(13)4-2-6;7-6-4-2-1-3-5-6;2*1-2/h1-4,8H,5,10,13H2;1-5,7H;2*1-2H3. The van der Waals surface area contributed by atoms with Crippen LogP contribution >= 0.6 is 9.24 Å². The first-order valence-electron chi connectivity index (χ1n) is 8.25. The van der Waals surface area contributed by atoms with E-state index in [1.165, 1.54) is 0 Å². The summed E-state index contributed by atoms with van der Waals surface area (Å²) in [5.41, 5.74) is 6.57. The van der Waals surface area contributed by atoms with Gasteiger partial charge in [-0.05, 0) is 29.6 Å². The fourth-order valence-corrected chi connectivity index (χ4v) is 2.03. The molecule has 2 atom stereocenters. The van der Waals surface area contributed by atoms with Crippen LogP contribution in [0.25, 0.3) is 0 Å². The lowest BCUT2D eigenvalue weighted by Crippen LogP contribution is -2.57. The Morgan fingerprint density at radius 2 is 1.50 bits per heavy atom. The number of nitrogens with zero attached hydrogens (tertiary/aromatic N) is 1. The summed E-state index contributed by atoms with van der Waals surface area (Å²) in [7, 11) is 2.60. The van der Waals surface area contributed by atoms with Gasteiger partial charge in [0.05, 0.1) is 12.6 Å². The predicted octanol–water partition coefficient (Wildman–Crippen LogP) is 3.65.